The van der Waals surface area contributed by atoms with Crippen molar-refractivity contribution in [2.75, 3.05) is 0 Å². The van der Waals surface area contributed by atoms with Gasteiger partial charge in [0.25, 0.3) is 0 Å². The topological polar surface area (TPSA) is 9.23 Å². The third-order valence-corrected chi connectivity index (χ3v) is 5.07. The van der Waals surface area contributed by atoms with Crippen LogP contribution in [-0.4, -0.2) is 0 Å². The molecule has 0 heterocycles. The molecular formula is C23H28O. The Morgan fingerprint density at radius 1 is 0.958 bits per heavy atom. The molecule has 1 fully saturated rings. The fourth-order valence-electron chi connectivity index (χ4n) is 3.77. The van der Waals surface area contributed by atoms with Crippen LogP contribution in [0.15, 0.2) is 66.7 Å². The molecule has 1 unspecified atom stereocenters. The van der Waals surface area contributed by atoms with Crippen molar-refractivity contribution < 1.29 is 4.74 Å². The summed E-state index contributed by atoms with van der Waals surface area (Å²) in [4.78, 5) is 0. The van der Waals surface area contributed by atoms with Crippen molar-refractivity contribution in [2.24, 2.45) is 5.92 Å². The highest BCUT2D eigenvalue weighted by atomic mass is 16.5. The smallest absolute Gasteiger partial charge is 0.119 e. The summed E-state index contributed by atoms with van der Waals surface area (Å²) < 4.78 is 5.91. The van der Waals surface area contributed by atoms with Gasteiger partial charge >= 0.3 is 0 Å². The molecule has 0 saturated heterocycles. The van der Waals surface area contributed by atoms with Crippen molar-refractivity contribution in [3.05, 3.63) is 77.9 Å². The van der Waals surface area contributed by atoms with Crippen LogP contribution in [0.2, 0.25) is 0 Å². The molecule has 1 saturated carbocycles. The second kappa shape index (κ2) is 8.73. The molecule has 1 atom stereocenters. The molecule has 126 valence electrons. The fourth-order valence-corrected chi connectivity index (χ4v) is 3.77. The van der Waals surface area contributed by atoms with Crippen molar-refractivity contribution in [3.8, 4) is 5.75 Å². The minimum absolute atomic E-state index is 0.554. The first-order valence-corrected chi connectivity index (χ1v) is 9.26. The summed E-state index contributed by atoms with van der Waals surface area (Å²) in [6.45, 7) is 2.76. The zero-order valence-corrected chi connectivity index (χ0v) is 14.7. The van der Waals surface area contributed by atoms with Crippen molar-refractivity contribution in [1.82, 2.24) is 0 Å². The Kier molecular flexibility index (Phi) is 6.12. The highest BCUT2D eigenvalue weighted by Gasteiger charge is 2.22. The highest BCUT2D eigenvalue weighted by Crippen LogP contribution is 2.37. The van der Waals surface area contributed by atoms with Crippen molar-refractivity contribution in [2.45, 2.75) is 51.6 Å². The average Bonchev–Trinajstić information content (AvgIpc) is 2.66. The Bertz CT molecular complexity index is 621. The standard InChI is InChI=1S/C23H28O/c1-2-9-23(20-12-7-4-8-13-20)21-14-16-22(17-15-21)24-18-19-10-5-3-6-11-19/h2-3,5-6,9-11,14-17,20,23H,4,7-8,12-13,18H2,1H3. The highest BCUT2D eigenvalue weighted by molar-refractivity contribution is 5.32. The van der Waals surface area contributed by atoms with Crippen molar-refractivity contribution in [1.29, 1.82) is 0 Å². The quantitative estimate of drug-likeness (QED) is 0.552. The van der Waals surface area contributed by atoms with Gasteiger partial charge < -0.3 is 4.74 Å². The fraction of sp³-hybridized carbons (Fsp3) is 0.391. The Morgan fingerprint density at radius 3 is 2.33 bits per heavy atom. The molecule has 1 aliphatic carbocycles. The first-order chi connectivity index (χ1) is 11.9. The maximum absolute atomic E-state index is 5.91. The second-order valence-electron chi connectivity index (χ2n) is 6.79. The van der Waals surface area contributed by atoms with E-state index in [4.69, 9.17) is 4.74 Å². The van der Waals surface area contributed by atoms with Crippen LogP contribution in [0.1, 0.15) is 56.1 Å². The third kappa shape index (κ3) is 4.50. The molecule has 0 spiro atoms. The molecule has 2 aromatic carbocycles. The zero-order chi connectivity index (χ0) is 16.6. The molecule has 0 aliphatic heterocycles. The molecule has 2 aromatic rings. The number of allylic oxidation sites excluding steroid dienone is 2. The van der Waals surface area contributed by atoms with E-state index in [-0.39, 0.29) is 0 Å². The van der Waals surface area contributed by atoms with Crippen LogP contribution >= 0.6 is 0 Å². The summed E-state index contributed by atoms with van der Waals surface area (Å²) >= 11 is 0. The van der Waals surface area contributed by atoms with Gasteiger partial charge in [0.2, 0.25) is 0 Å². The number of hydrogen-bond acceptors (Lipinski definition) is 1. The monoisotopic (exact) mass is 320 g/mol. The SMILES string of the molecule is CC=CC(c1ccc(OCc2ccccc2)cc1)C1CCCCC1. The molecule has 1 heteroatoms. The van der Waals surface area contributed by atoms with Crippen molar-refractivity contribution >= 4 is 0 Å². The molecule has 0 aromatic heterocycles. The summed E-state index contributed by atoms with van der Waals surface area (Å²) in [6, 6.07) is 19.1. The summed E-state index contributed by atoms with van der Waals surface area (Å²) in [5, 5.41) is 0. The van der Waals surface area contributed by atoms with E-state index in [0.29, 0.717) is 12.5 Å². The largest absolute Gasteiger partial charge is 0.489 e. The lowest BCUT2D eigenvalue weighted by molar-refractivity contribution is 0.305. The van der Waals surface area contributed by atoms with Gasteiger partial charge in [0, 0.05) is 5.92 Å². The van der Waals surface area contributed by atoms with E-state index in [0.717, 1.165) is 11.7 Å². The van der Waals surface area contributed by atoms with E-state index in [9.17, 15) is 0 Å². The third-order valence-electron chi connectivity index (χ3n) is 5.07. The van der Waals surface area contributed by atoms with Gasteiger partial charge in [0.15, 0.2) is 0 Å². The van der Waals surface area contributed by atoms with Gasteiger partial charge in [-0.1, -0.05) is 73.9 Å². The lowest BCUT2D eigenvalue weighted by Crippen LogP contribution is -2.14. The van der Waals surface area contributed by atoms with E-state index in [1.807, 2.05) is 18.2 Å². The summed E-state index contributed by atoms with van der Waals surface area (Å²) in [7, 11) is 0. The predicted octanol–water partition coefficient (Wildman–Crippen LogP) is 6.51. The lowest BCUT2D eigenvalue weighted by Gasteiger charge is -2.28. The molecule has 0 N–H and O–H groups in total. The average molecular weight is 320 g/mol. The second-order valence-corrected chi connectivity index (χ2v) is 6.79. The van der Waals surface area contributed by atoms with Crippen LogP contribution in [-0.2, 0) is 6.61 Å². The van der Waals surface area contributed by atoms with Gasteiger partial charge in [-0.2, -0.15) is 0 Å². The van der Waals surface area contributed by atoms with Gasteiger partial charge in [-0.15, -0.1) is 0 Å². The molecule has 0 radical (unpaired) electrons. The minimum Gasteiger partial charge on any atom is -0.489 e. The van der Waals surface area contributed by atoms with Gasteiger partial charge in [0.05, 0.1) is 0 Å². The normalized spacial score (nSPS) is 17.0. The number of ether oxygens (including phenoxy) is 1. The Hall–Kier alpha value is -2.02. The zero-order valence-electron chi connectivity index (χ0n) is 14.7. The van der Waals surface area contributed by atoms with E-state index in [2.05, 4.69) is 55.5 Å². The van der Waals surface area contributed by atoms with Crippen LogP contribution in [0, 0.1) is 5.92 Å². The number of benzene rings is 2. The van der Waals surface area contributed by atoms with Gasteiger partial charge in [0.1, 0.15) is 12.4 Å². The van der Waals surface area contributed by atoms with Gasteiger partial charge in [-0.05, 0) is 48.9 Å². The molecule has 0 amide bonds. The molecule has 1 aliphatic rings. The maximum Gasteiger partial charge on any atom is 0.119 e. The first kappa shape index (κ1) is 16.8. The summed E-state index contributed by atoms with van der Waals surface area (Å²) in [5.74, 6) is 2.30. The first-order valence-electron chi connectivity index (χ1n) is 9.26. The number of hydrogen-bond donors (Lipinski definition) is 0. The van der Waals surface area contributed by atoms with Gasteiger partial charge in [-0.25, -0.2) is 0 Å². The van der Waals surface area contributed by atoms with E-state index in [1.165, 1.54) is 43.2 Å². The molecule has 0 bridgehead atoms. The van der Waals surface area contributed by atoms with Gasteiger partial charge in [-0.3, -0.25) is 0 Å². The number of rotatable bonds is 6. The van der Waals surface area contributed by atoms with E-state index >= 15 is 0 Å². The van der Waals surface area contributed by atoms with Crippen LogP contribution in [0.3, 0.4) is 0 Å². The Morgan fingerprint density at radius 2 is 1.67 bits per heavy atom. The Labute approximate surface area is 146 Å². The van der Waals surface area contributed by atoms with Crippen LogP contribution in [0.4, 0.5) is 0 Å². The maximum atomic E-state index is 5.91. The lowest BCUT2D eigenvalue weighted by atomic mass is 9.76. The summed E-state index contributed by atoms with van der Waals surface area (Å²) in [6.07, 6.45) is 11.5. The molecular weight excluding hydrogens is 292 g/mol. The van der Waals surface area contributed by atoms with Crippen LogP contribution in [0.25, 0.3) is 0 Å². The molecule has 3 rings (SSSR count). The van der Waals surface area contributed by atoms with E-state index < -0.39 is 0 Å². The van der Waals surface area contributed by atoms with E-state index in [1.54, 1.807) is 0 Å². The summed E-state index contributed by atoms with van der Waals surface area (Å²) in [5.41, 5.74) is 2.63. The van der Waals surface area contributed by atoms with Crippen LogP contribution < -0.4 is 4.74 Å². The molecule has 1 nitrogen and oxygen atoms in total. The van der Waals surface area contributed by atoms with Crippen LogP contribution in [0.5, 0.6) is 5.75 Å². The predicted molar refractivity (Wildman–Crippen MR) is 101 cm³/mol. The molecule has 24 heavy (non-hydrogen) atoms. The Balaban J connectivity index is 1.65. The minimum atomic E-state index is 0.554. The van der Waals surface area contributed by atoms with Crippen molar-refractivity contribution in [3.63, 3.8) is 0 Å².